The highest BCUT2D eigenvalue weighted by Crippen LogP contribution is 2.30. The van der Waals surface area contributed by atoms with Crippen molar-refractivity contribution in [3.63, 3.8) is 0 Å². The van der Waals surface area contributed by atoms with E-state index in [-0.39, 0.29) is 22.6 Å². The first kappa shape index (κ1) is 19.1. The van der Waals surface area contributed by atoms with Crippen LogP contribution in [0.15, 0.2) is 23.1 Å². The number of hydrogen-bond acceptors (Lipinski definition) is 5. The summed E-state index contributed by atoms with van der Waals surface area (Å²) in [5, 5.41) is 0. The fourth-order valence-electron chi connectivity index (χ4n) is 3.59. The van der Waals surface area contributed by atoms with Crippen molar-refractivity contribution in [3.05, 3.63) is 23.8 Å². The predicted octanol–water partition coefficient (Wildman–Crippen LogP) is 1.43. The Bertz CT molecular complexity index is 758. The molecule has 0 bridgehead atoms. The molecule has 2 heterocycles. The van der Waals surface area contributed by atoms with E-state index in [1.54, 1.807) is 17.0 Å². The summed E-state index contributed by atoms with van der Waals surface area (Å²) in [5.74, 6) is 0.0804. The maximum atomic E-state index is 13.2. The number of nitrogens with zero attached hydrogens (tertiary/aromatic N) is 2. The monoisotopic (exact) mass is 381 g/mol. The fraction of sp³-hybridized carbons (Fsp3) is 0.611. The van der Waals surface area contributed by atoms with Crippen molar-refractivity contribution in [3.8, 4) is 5.75 Å². The fourth-order valence-corrected chi connectivity index (χ4v) is 5.29. The second-order valence-electron chi connectivity index (χ2n) is 6.98. The van der Waals surface area contributed by atoms with E-state index in [1.165, 1.54) is 17.5 Å². The summed E-state index contributed by atoms with van der Waals surface area (Å²) < 4.78 is 33.1. The molecule has 0 saturated carbocycles. The van der Waals surface area contributed by atoms with Gasteiger partial charge in [-0.05, 0) is 37.5 Å². The molecule has 1 aromatic rings. The lowest BCUT2D eigenvalue weighted by Crippen LogP contribution is -2.33. The Morgan fingerprint density at radius 2 is 1.85 bits per heavy atom. The van der Waals surface area contributed by atoms with Crippen LogP contribution in [0.3, 0.4) is 0 Å². The van der Waals surface area contributed by atoms with Crippen LogP contribution >= 0.6 is 0 Å². The lowest BCUT2D eigenvalue weighted by Gasteiger charge is -2.22. The molecule has 2 fully saturated rings. The third-order valence-corrected chi connectivity index (χ3v) is 7.03. The number of benzene rings is 1. The number of carbonyl (C=O) groups is 1. The van der Waals surface area contributed by atoms with Gasteiger partial charge in [0, 0.05) is 37.8 Å². The molecule has 2 aliphatic heterocycles. The van der Waals surface area contributed by atoms with Gasteiger partial charge in [-0.2, -0.15) is 4.31 Å². The molecule has 144 valence electrons. The van der Waals surface area contributed by atoms with Gasteiger partial charge in [-0.15, -0.1) is 0 Å². The number of rotatable bonds is 4. The Labute approximate surface area is 155 Å². The van der Waals surface area contributed by atoms with Crippen molar-refractivity contribution >= 4 is 15.9 Å². The van der Waals surface area contributed by atoms with Crippen LogP contribution in [0, 0.1) is 0 Å². The Kier molecular flexibility index (Phi) is 5.84. The minimum Gasteiger partial charge on any atom is -0.495 e. The molecule has 3 rings (SSSR count). The van der Waals surface area contributed by atoms with E-state index >= 15 is 0 Å². The highest BCUT2D eigenvalue weighted by atomic mass is 32.2. The van der Waals surface area contributed by atoms with Crippen LogP contribution < -0.4 is 10.5 Å². The topological polar surface area (TPSA) is 92.9 Å². The zero-order chi connectivity index (χ0) is 18.7. The van der Waals surface area contributed by atoms with Gasteiger partial charge in [0.25, 0.3) is 5.91 Å². The first-order valence-corrected chi connectivity index (χ1v) is 10.6. The SMILES string of the molecule is COc1ccc(C(=O)N2CC[C@@H](N)C2)cc1S(=O)(=O)N1CCCCCC1. The number of ether oxygens (including phenoxy) is 1. The molecule has 0 unspecified atom stereocenters. The largest absolute Gasteiger partial charge is 0.495 e. The van der Waals surface area contributed by atoms with Gasteiger partial charge in [0.2, 0.25) is 10.0 Å². The van der Waals surface area contributed by atoms with E-state index < -0.39 is 10.0 Å². The quantitative estimate of drug-likeness (QED) is 0.852. The zero-order valence-corrected chi connectivity index (χ0v) is 16.0. The summed E-state index contributed by atoms with van der Waals surface area (Å²) in [6, 6.07) is 4.61. The average molecular weight is 381 g/mol. The molecule has 1 atom stereocenters. The molecule has 0 radical (unpaired) electrons. The van der Waals surface area contributed by atoms with Gasteiger partial charge >= 0.3 is 0 Å². The zero-order valence-electron chi connectivity index (χ0n) is 15.2. The highest BCUT2D eigenvalue weighted by molar-refractivity contribution is 7.89. The average Bonchev–Trinajstić information content (AvgIpc) is 2.89. The first-order chi connectivity index (χ1) is 12.4. The standard InChI is InChI=1S/C18H27N3O4S/c1-25-16-7-6-14(18(22)20-11-8-15(19)13-20)12-17(16)26(23,24)21-9-4-2-3-5-10-21/h6-7,12,15H,2-5,8-11,13,19H2,1H3/t15-/m1/s1. The van der Waals surface area contributed by atoms with Crippen molar-refractivity contribution in [2.24, 2.45) is 5.73 Å². The molecule has 1 aromatic carbocycles. The van der Waals surface area contributed by atoms with Crippen molar-refractivity contribution in [1.29, 1.82) is 0 Å². The van der Waals surface area contributed by atoms with Crippen molar-refractivity contribution in [2.45, 2.75) is 43.0 Å². The van der Waals surface area contributed by atoms with Gasteiger partial charge in [0.15, 0.2) is 0 Å². The third-order valence-electron chi connectivity index (χ3n) is 5.11. The number of amides is 1. The summed E-state index contributed by atoms with van der Waals surface area (Å²) >= 11 is 0. The van der Waals surface area contributed by atoms with Gasteiger partial charge in [-0.3, -0.25) is 4.79 Å². The third kappa shape index (κ3) is 3.87. The summed E-state index contributed by atoms with van der Waals surface area (Å²) in [6.45, 7) is 2.11. The minimum absolute atomic E-state index is 0.0162. The number of likely N-dealkylation sites (tertiary alicyclic amines) is 1. The highest BCUT2D eigenvalue weighted by Gasteiger charge is 2.31. The van der Waals surface area contributed by atoms with Crippen LogP contribution in [0.2, 0.25) is 0 Å². The molecular formula is C18H27N3O4S. The van der Waals surface area contributed by atoms with Gasteiger partial charge in [-0.25, -0.2) is 8.42 Å². The summed E-state index contributed by atoms with van der Waals surface area (Å²) in [5.41, 5.74) is 6.24. The van der Waals surface area contributed by atoms with E-state index in [0.717, 1.165) is 32.1 Å². The number of hydrogen-bond donors (Lipinski definition) is 1. The lowest BCUT2D eigenvalue weighted by atomic mass is 10.2. The number of sulfonamides is 1. The Morgan fingerprint density at radius 3 is 2.42 bits per heavy atom. The lowest BCUT2D eigenvalue weighted by molar-refractivity contribution is 0.0790. The minimum atomic E-state index is -3.71. The number of methoxy groups -OCH3 is 1. The number of nitrogens with two attached hydrogens (primary N) is 1. The van der Waals surface area contributed by atoms with Crippen molar-refractivity contribution in [1.82, 2.24) is 9.21 Å². The van der Waals surface area contributed by atoms with E-state index in [0.29, 0.717) is 31.7 Å². The van der Waals surface area contributed by atoms with Crippen LogP contribution in [-0.4, -0.2) is 62.9 Å². The van der Waals surface area contributed by atoms with Crippen LogP contribution in [-0.2, 0) is 10.0 Å². The summed E-state index contributed by atoms with van der Waals surface area (Å²) in [6.07, 6.45) is 4.55. The Hall–Kier alpha value is -1.64. The van der Waals surface area contributed by atoms with Gasteiger partial charge in [-0.1, -0.05) is 12.8 Å². The molecular weight excluding hydrogens is 354 g/mol. The van der Waals surface area contributed by atoms with Crippen molar-refractivity contribution < 1.29 is 17.9 Å². The molecule has 0 spiro atoms. The van der Waals surface area contributed by atoms with Gasteiger partial charge < -0.3 is 15.4 Å². The summed E-state index contributed by atoms with van der Waals surface area (Å²) in [7, 11) is -2.26. The molecule has 2 N–H and O–H groups in total. The van der Waals surface area contributed by atoms with Crippen LogP contribution in [0.4, 0.5) is 0 Å². The Morgan fingerprint density at radius 1 is 1.15 bits per heavy atom. The van der Waals surface area contributed by atoms with E-state index in [1.807, 2.05) is 0 Å². The Balaban J connectivity index is 1.93. The van der Waals surface area contributed by atoms with Crippen LogP contribution in [0.25, 0.3) is 0 Å². The molecule has 2 saturated heterocycles. The molecule has 26 heavy (non-hydrogen) atoms. The molecule has 7 nitrogen and oxygen atoms in total. The smallest absolute Gasteiger partial charge is 0.253 e. The van der Waals surface area contributed by atoms with Crippen LogP contribution in [0.1, 0.15) is 42.5 Å². The first-order valence-electron chi connectivity index (χ1n) is 9.16. The van der Waals surface area contributed by atoms with Crippen molar-refractivity contribution in [2.75, 3.05) is 33.3 Å². The van der Waals surface area contributed by atoms with Gasteiger partial charge in [0.05, 0.1) is 7.11 Å². The number of carbonyl (C=O) groups excluding carboxylic acids is 1. The molecule has 0 aliphatic carbocycles. The van der Waals surface area contributed by atoms with E-state index in [4.69, 9.17) is 10.5 Å². The molecule has 8 heteroatoms. The van der Waals surface area contributed by atoms with Gasteiger partial charge in [0.1, 0.15) is 10.6 Å². The second kappa shape index (κ2) is 7.94. The maximum absolute atomic E-state index is 13.2. The molecule has 2 aliphatic rings. The molecule has 0 aromatic heterocycles. The second-order valence-corrected chi connectivity index (χ2v) is 8.89. The van der Waals surface area contributed by atoms with E-state index in [9.17, 15) is 13.2 Å². The predicted molar refractivity (Wildman–Crippen MR) is 98.7 cm³/mol. The summed E-state index contributed by atoms with van der Waals surface area (Å²) in [4.78, 5) is 14.5. The van der Waals surface area contributed by atoms with E-state index in [2.05, 4.69) is 0 Å². The maximum Gasteiger partial charge on any atom is 0.253 e. The van der Waals surface area contributed by atoms with Crippen LogP contribution in [0.5, 0.6) is 5.75 Å². The normalized spacial score (nSPS) is 22.2. The molecule has 1 amide bonds.